The number of carbonyl (C=O) groups excluding carboxylic acids is 2. The largest absolute Gasteiger partial charge is 1.00 e. The van der Waals surface area contributed by atoms with Crippen molar-refractivity contribution in [3.63, 3.8) is 0 Å². The zero-order valence-electron chi connectivity index (χ0n) is 20.4. The molecule has 0 aromatic heterocycles. The summed E-state index contributed by atoms with van der Waals surface area (Å²) in [6, 6.07) is 0. The Balaban J connectivity index is -0.00000420. The molecule has 0 rings (SSSR count). The first kappa shape index (κ1) is 37.3. The minimum absolute atomic E-state index is 0. The van der Waals surface area contributed by atoms with Crippen molar-refractivity contribution in [1.29, 1.82) is 0 Å². The van der Waals surface area contributed by atoms with Crippen molar-refractivity contribution in [2.24, 2.45) is 0 Å². The van der Waals surface area contributed by atoms with E-state index in [1.807, 2.05) is 0 Å². The molecule has 0 spiro atoms. The van der Waals surface area contributed by atoms with E-state index in [1.165, 1.54) is 46.0 Å². The Morgan fingerprint density at radius 1 is 0.844 bits per heavy atom. The van der Waals surface area contributed by atoms with Crippen molar-refractivity contribution in [2.75, 3.05) is 19.8 Å². The second kappa shape index (κ2) is 21.1. The molecule has 0 saturated heterocycles. The van der Waals surface area contributed by atoms with Crippen LogP contribution in [0.3, 0.4) is 0 Å². The second-order valence-electron chi connectivity index (χ2n) is 7.03. The summed E-state index contributed by atoms with van der Waals surface area (Å²) in [5.74, 6) is -3.65. The van der Waals surface area contributed by atoms with Gasteiger partial charge in [0.05, 0.1) is 12.6 Å². The van der Waals surface area contributed by atoms with E-state index in [1.54, 1.807) is 0 Å². The fraction of sp³-hybridized carbons (Fsp3) is 0.900. The number of ether oxygens (including phenoxy) is 3. The zero-order valence-corrected chi connectivity index (χ0v) is 25.2. The van der Waals surface area contributed by atoms with Crippen LogP contribution in [0, 0.1) is 0 Å². The Hall–Kier alpha value is 0.770. The van der Waals surface area contributed by atoms with Gasteiger partial charge in [0.15, 0.2) is 6.10 Å². The molecule has 0 aliphatic rings. The van der Waals surface area contributed by atoms with Crippen LogP contribution in [0.5, 0.6) is 0 Å². The Kier molecular flexibility index (Phi) is 24.6. The van der Waals surface area contributed by atoms with Crippen molar-refractivity contribution >= 4 is 22.1 Å². The summed E-state index contributed by atoms with van der Waals surface area (Å²) in [5, 5.41) is 11.4. The van der Waals surface area contributed by atoms with Crippen LogP contribution in [0.15, 0.2) is 0 Å². The number of hydrogen-bond acceptors (Lipinski definition) is 9. The van der Waals surface area contributed by atoms with Crippen LogP contribution in [0.25, 0.3) is 0 Å². The first-order valence-electron chi connectivity index (χ1n) is 10.8. The van der Waals surface area contributed by atoms with Crippen LogP contribution in [0.2, 0.25) is 0 Å². The number of carbonyl (C=O) groups is 2. The van der Waals surface area contributed by atoms with Crippen LogP contribution in [-0.4, -0.2) is 55.8 Å². The van der Waals surface area contributed by atoms with Crippen molar-refractivity contribution in [3.8, 4) is 0 Å². The first-order chi connectivity index (χ1) is 14.2. The maximum atomic E-state index is 12.5. The molecule has 0 aromatic carbocycles. The SMILES string of the molecule is CCCCCCCCCCCCOC(=O)C(OCC)(C(OCC)C(=O)[O-])S(=O)(=O)[O-].[Na+].[Na+]. The third-order valence-corrected chi connectivity index (χ3v) is 5.88. The summed E-state index contributed by atoms with van der Waals surface area (Å²) >= 11 is 0. The topological polar surface area (TPSA) is 142 Å². The standard InChI is InChI=1S/C20H38O9S.2Na/c1-4-7-8-9-10-11-12-13-14-15-16-28-19(23)20(29-6-3,30(24,25)26)17(18(21)22)27-5-2;;/h17H,4-16H2,1-3H3,(H,21,22)(H,24,25,26);;/q;2*+1/p-2. The third-order valence-electron chi connectivity index (χ3n) is 4.64. The molecule has 32 heavy (non-hydrogen) atoms. The average Bonchev–Trinajstić information content (AvgIpc) is 2.67. The molecule has 0 radical (unpaired) electrons. The molecule has 2 unspecified atom stereocenters. The van der Waals surface area contributed by atoms with Gasteiger partial charge in [-0.2, -0.15) is 0 Å². The monoisotopic (exact) mass is 498 g/mol. The molecule has 0 aromatic rings. The first-order valence-corrected chi connectivity index (χ1v) is 12.2. The molecular weight excluding hydrogens is 462 g/mol. The maximum Gasteiger partial charge on any atom is 1.00 e. The van der Waals surface area contributed by atoms with Gasteiger partial charge in [0, 0.05) is 13.2 Å². The number of esters is 1. The van der Waals surface area contributed by atoms with Gasteiger partial charge in [-0.05, 0) is 20.3 Å². The van der Waals surface area contributed by atoms with Crippen molar-refractivity contribution in [2.45, 2.75) is 96.0 Å². The van der Waals surface area contributed by atoms with Crippen LogP contribution >= 0.6 is 0 Å². The summed E-state index contributed by atoms with van der Waals surface area (Å²) < 4.78 is 50.2. The summed E-state index contributed by atoms with van der Waals surface area (Å²) in [4.78, 5) is 20.5. The molecule has 0 aliphatic carbocycles. The van der Waals surface area contributed by atoms with Gasteiger partial charge in [-0.3, -0.25) is 0 Å². The van der Waals surface area contributed by atoms with Gasteiger partial charge in [0.2, 0.25) is 0 Å². The van der Waals surface area contributed by atoms with Gasteiger partial charge >= 0.3 is 65.1 Å². The molecule has 0 bridgehead atoms. The Bertz CT molecular complexity index is 602. The number of rotatable bonds is 19. The summed E-state index contributed by atoms with van der Waals surface area (Å²) in [6.45, 7) is 3.99. The smallest absolute Gasteiger partial charge is 0.745 e. The zero-order chi connectivity index (χ0) is 23.0. The fourth-order valence-corrected chi connectivity index (χ4v) is 4.07. The Labute approximate surface area is 237 Å². The average molecular weight is 499 g/mol. The number of carboxylic acids is 1. The molecule has 2 atom stereocenters. The summed E-state index contributed by atoms with van der Waals surface area (Å²) in [5.41, 5.74) is 0. The van der Waals surface area contributed by atoms with E-state index in [0.717, 1.165) is 25.7 Å². The van der Waals surface area contributed by atoms with Gasteiger partial charge in [0.25, 0.3) is 4.93 Å². The third kappa shape index (κ3) is 13.0. The van der Waals surface area contributed by atoms with Crippen molar-refractivity contribution in [1.82, 2.24) is 0 Å². The van der Waals surface area contributed by atoms with E-state index in [2.05, 4.69) is 6.92 Å². The molecule has 178 valence electrons. The van der Waals surface area contributed by atoms with Gasteiger partial charge in [-0.25, -0.2) is 13.2 Å². The molecule has 0 saturated carbocycles. The minimum atomic E-state index is -5.61. The quantitative estimate of drug-likeness (QED) is 0.0751. The van der Waals surface area contributed by atoms with Crippen LogP contribution in [-0.2, 0) is 33.9 Å². The van der Waals surface area contributed by atoms with Crippen LogP contribution in [0.1, 0.15) is 85.0 Å². The van der Waals surface area contributed by atoms with E-state index in [0.29, 0.717) is 6.42 Å². The predicted octanol–water partition coefficient (Wildman–Crippen LogP) is -4.11. The van der Waals surface area contributed by atoms with E-state index in [-0.39, 0.29) is 72.3 Å². The molecule has 9 nitrogen and oxygen atoms in total. The number of hydrogen-bond donors (Lipinski definition) is 0. The van der Waals surface area contributed by atoms with Crippen molar-refractivity contribution in [3.05, 3.63) is 0 Å². The Morgan fingerprint density at radius 2 is 1.31 bits per heavy atom. The Morgan fingerprint density at radius 3 is 1.69 bits per heavy atom. The fourth-order valence-electron chi connectivity index (χ4n) is 3.12. The molecule has 0 heterocycles. The van der Waals surface area contributed by atoms with E-state index < -0.39 is 39.7 Å². The van der Waals surface area contributed by atoms with Gasteiger partial charge in [-0.1, -0.05) is 64.7 Å². The molecular formula is C20H36Na2O9S. The molecule has 0 aliphatic heterocycles. The summed E-state index contributed by atoms with van der Waals surface area (Å²) in [7, 11) is -5.61. The van der Waals surface area contributed by atoms with Gasteiger partial charge < -0.3 is 28.7 Å². The second-order valence-corrected chi connectivity index (χ2v) is 8.54. The minimum Gasteiger partial charge on any atom is -0.745 e. The van der Waals surface area contributed by atoms with Gasteiger partial charge in [-0.15, -0.1) is 0 Å². The number of aliphatic carboxylic acids is 1. The van der Waals surface area contributed by atoms with E-state index in [9.17, 15) is 27.7 Å². The molecule has 0 amide bonds. The number of unbranched alkanes of at least 4 members (excludes halogenated alkanes) is 9. The van der Waals surface area contributed by atoms with E-state index in [4.69, 9.17) is 14.2 Å². The molecule has 0 N–H and O–H groups in total. The van der Waals surface area contributed by atoms with Crippen LogP contribution in [0.4, 0.5) is 0 Å². The number of carboxylic acid groups (broad SMARTS) is 1. The summed E-state index contributed by atoms with van der Waals surface area (Å²) in [6.07, 6.45) is 8.03. The molecule has 0 fully saturated rings. The van der Waals surface area contributed by atoms with Crippen molar-refractivity contribution < 1.29 is 101 Å². The normalized spacial score (nSPS) is 13.9. The predicted molar refractivity (Wildman–Crippen MR) is 107 cm³/mol. The molecule has 12 heteroatoms. The van der Waals surface area contributed by atoms with Gasteiger partial charge in [0.1, 0.15) is 10.1 Å². The maximum absolute atomic E-state index is 12.5. The van der Waals surface area contributed by atoms with E-state index >= 15 is 0 Å². The van der Waals surface area contributed by atoms with Crippen LogP contribution < -0.4 is 64.2 Å².